The first-order valence-electron chi connectivity index (χ1n) is 10.1. The Bertz CT molecular complexity index is 1110. The Morgan fingerprint density at radius 2 is 1.71 bits per heavy atom. The van der Waals surface area contributed by atoms with E-state index in [0.717, 1.165) is 11.3 Å². The molecule has 0 fully saturated rings. The lowest BCUT2D eigenvalue weighted by Gasteiger charge is -2.22. The number of ether oxygens (including phenoxy) is 1. The van der Waals surface area contributed by atoms with Crippen LogP contribution in [-0.4, -0.2) is 28.3 Å². The monoisotopic (exact) mass is 423 g/mol. The number of carbonyl (C=O) groups excluding carboxylic acids is 2. The van der Waals surface area contributed by atoms with Crippen LogP contribution in [0.15, 0.2) is 48.5 Å². The number of rotatable bonds is 5. The summed E-state index contributed by atoms with van der Waals surface area (Å²) in [6.45, 7) is 9.40. The molecule has 1 aromatic heterocycles. The van der Waals surface area contributed by atoms with Gasteiger partial charge in [-0.25, -0.2) is 9.18 Å². The molecular weight excluding hydrogens is 397 g/mol. The summed E-state index contributed by atoms with van der Waals surface area (Å²) in [4.78, 5) is 24.0. The summed E-state index contributed by atoms with van der Waals surface area (Å²) < 4.78 is 20.5. The number of hydrogen-bond donors (Lipinski definition) is 1. The third-order valence-electron chi connectivity index (χ3n) is 4.61. The van der Waals surface area contributed by atoms with Crippen molar-refractivity contribution in [1.82, 2.24) is 9.78 Å². The predicted octanol–water partition coefficient (Wildman–Crippen LogP) is 5.25. The van der Waals surface area contributed by atoms with Crippen LogP contribution in [0.5, 0.6) is 0 Å². The molecule has 0 radical (unpaired) electrons. The van der Waals surface area contributed by atoms with Gasteiger partial charge in [0.2, 0.25) is 5.91 Å². The lowest BCUT2D eigenvalue weighted by atomic mass is 10.0. The number of nitrogens with one attached hydrogen (secondary N) is 1. The van der Waals surface area contributed by atoms with E-state index in [0.29, 0.717) is 16.9 Å². The van der Waals surface area contributed by atoms with Crippen molar-refractivity contribution in [2.45, 2.75) is 40.2 Å². The Morgan fingerprint density at radius 1 is 1.06 bits per heavy atom. The first-order valence-corrected chi connectivity index (χ1v) is 10.1. The first kappa shape index (κ1) is 22.2. The van der Waals surface area contributed by atoms with Crippen LogP contribution in [0.25, 0.3) is 22.5 Å². The van der Waals surface area contributed by atoms with Gasteiger partial charge in [0.1, 0.15) is 5.82 Å². The van der Waals surface area contributed by atoms with Crippen LogP contribution in [0.3, 0.4) is 0 Å². The zero-order chi connectivity index (χ0) is 22.8. The van der Waals surface area contributed by atoms with Gasteiger partial charge in [-0.3, -0.25) is 9.48 Å². The second-order valence-corrected chi connectivity index (χ2v) is 8.17. The molecule has 162 valence electrons. The summed E-state index contributed by atoms with van der Waals surface area (Å²) in [5.74, 6) is -1.12. The number of halogens is 1. The average molecular weight is 423 g/mol. The van der Waals surface area contributed by atoms with Crippen molar-refractivity contribution in [1.29, 1.82) is 0 Å². The van der Waals surface area contributed by atoms with Gasteiger partial charge in [0.25, 0.3) is 0 Å². The van der Waals surface area contributed by atoms with Crippen LogP contribution in [-0.2, 0) is 15.1 Å². The highest BCUT2D eigenvalue weighted by atomic mass is 19.1. The summed E-state index contributed by atoms with van der Waals surface area (Å²) >= 11 is 0. The average Bonchev–Trinajstić information content (AvgIpc) is 3.14. The van der Waals surface area contributed by atoms with Crippen molar-refractivity contribution in [2.75, 3.05) is 11.9 Å². The highest BCUT2D eigenvalue weighted by molar-refractivity contribution is 6.01. The largest absolute Gasteiger partial charge is 0.462 e. The van der Waals surface area contributed by atoms with Gasteiger partial charge >= 0.3 is 5.97 Å². The summed E-state index contributed by atoms with van der Waals surface area (Å²) in [5.41, 5.74) is 3.30. The van der Waals surface area contributed by atoms with Crippen LogP contribution in [0.1, 0.15) is 45.0 Å². The molecule has 0 aliphatic carbocycles. The number of anilines is 1. The summed E-state index contributed by atoms with van der Waals surface area (Å²) in [5, 5.41) is 7.43. The van der Waals surface area contributed by atoms with E-state index in [-0.39, 0.29) is 29.4 Å². The highest BCUT2D eigenvalue weighted by Crippen LogP contribution is 2.32. The molecule has 7 heteroatoms. The normalized spacial score (nSPS) is 11.3. The molecule has 0 atom stereocenters. The molecule has 1 amide bonds. The van der Waals surface area contributed by atoms with Gasteiger partial charge in [0, 0.05) is 18.1 Å². The number of aromatic nitrogens is 2. The van der Waals surface area contributed by atoms with Crippen molar-refractivity contribution in [3.05, 3.63) is 59.9 Å². The van der Waals surface area contributed by atoms with Crippen LogP contribution in [0.2, 0.25) is 0 Å². The zero-order valence-corrected chi connectivity index (χ0v) is 18.3. The van der Waals surface area contributed by atoms with E-state index < -0.39 is 5.97 Å². The Hall–Kier alpha value is -3.48. The van der Waals surface area contributed by atoms with Crippen molar-refractivity contribution in [3.63, 3.8) is 0 Å². The fourth-order valence-corrected chi connectivity index (χ4v) is 3.24. The van der Waals surface area contributed by atoms with E-state index in [1.807, 2.05) is 31.5 Å². The quantitative estimate of drug-likeness (QED) is 0.569. The van der Waals surface area contributed by atoms with E-state index in [2.05, 4.69) is 5.32 Å². The van der Waals surface area contributed by atoms with Gasteiger partial charge in [0.05, 0.1) is 34.8 Å². The lowest BCUT2D eigenvalue weighted by Crippen LogP contribution is -2.24. The van der Waals surface area contributed by atoms with Crippen LogP contribution >= 0.6 is 0 Å². The minimum Gasteiger partial charge on any atom is -0.462 e. The highest BCUT2D eigenvalue weighted by Gasteiger charge is 2.22. The standard InChI is InChI=1S/C24H26FN3O3/c1-6-31-23(30)19-13-17(9-12-20(19)26-15(2)29)21-14-22(28(27-21)24(3,4)5)16-7-10-18(25)11-8-16/h7-14H,6H2,1-5H3,(H,26,29). The van der Waals surface area contributed by atoms with Crippen molar-refractivity contribution in [3.8, 4) is 22.5 Å². The molecular formula is C24H26FN3O3. The molecule has 0 saturated carbocycles. The Labute approximate surface area is 181 Å². The van der Waals surface area contributed by atoms with Crippen LogP contribution in [0, 0.1) is 5.82 Å². The predicted molar refractivity (Wildman–Crippen MR) is 118 cm³/mol. The molecule has 0 aliphatic heterocycles. The summed E-state index contributed by atoms with van der Waals surface area (Å²) in [6, 6.07) is 13.3. The van der Waals surface area contributed by atoms with Crippen LogP contribution < -0.4 is 5.32 Å². The number of carbonyl (C=O) groups is 2. The number of esters is 1. The van der Waals surface area contributed by atoms with Gasteiger partial charge < -0.3 is 10.1 Å². The summed E-state index contributed by atoms with van der Waals surface area (Å²) in [6.07, 6.45) is 0. The molecule has 3 aromatic rings. The molecule has 2 aromatic carbocycles. The number of amides is 1. The number of benzene rings is 2. The fourth-order valence-electron chi connectivity index (χ4n) is 3.24. The first-order chi connectivity index (χ1) is 14.6. The van der Waals surface area contributed by atoms with Crippen molar-refractivity contribution < 1.29 is 18.7 Å². The van der Waals surface area contributed by atoms with E-state index in [1.54, 1.807) is 37.3 Å². The molecule has 31 heavy (non-hydrogen) atoms. The molecule has 0 spiro atoms. The molecule has 3 rings (SSSR count). The molecule has 0 bridgehead atoms. The van der Waals surface area contributed by atoms with Gasteiger partial charge in [-0.15, -0.1) is 0 Å². The third-order valence-corrected chi connectivity index (χ3v) is 4.61. The van der Waals surface area contributed by atoms with Gasteiger partial charge in [0.15, 0.2) is 0 Å². The van der Waals surface area contributed by atoms with E-state index >= 15 is 0 Å². The minimum absolute atomic E-state index is 0.218. The van der Waals surface area contributed by atoms with E-state index in [1.165, 1.54) is 19.1 Å². The molecule has 0 aliphatic rings. The Morgan fingerprint density at radius 3 is 2.29 bits per heavy atom. The maximum absolute atomic E-state index is 13.4. The van der Waals surface area contributed by atoms with E-state index in [9.17, 15) is 14.0 Å². The topological polar surface area (TPSA) is 73.2 Å². The zero-order valence-electron chi connectivity index (χ0n) is 18.3. The smallest absolute Gasteiger partial charge is 0.340 e. The van der Waals surface area contributed by atoms with Crippen LogP contribution in [0.4, 0.5) is 10.1 Å². The Balaban J connectivity index is 2.13. The number of nitrogens with zero attached hydrogens (tertiary/aromatic N) is 2. The van der Waals surface area contributed by atoms with Gasteiger partial charge in [-0.2, -0.15) is 5.10 Å². The minimum atomic E-state index is -0.526. The SMILES string of the molecule is CCOC(=O)c1cc(-c2cc(-c3ccc(F)cc3)n(C(C)(C)C)n2)ccc1NC(C)=O. The maximum atomic E-state index is 13.4. The molecule has 1 heterocycles. The van der Waals surface area contributed by atoms with Crippen molar-refractivity contribution in [2.24, 2.45) is 0 Å². The van der Waals surface area contributed by atoms with Gasteiger partial charge in [-0.05, 0) is 70.2 Å². The molecule has 1 N–H and O–H groups in total. The molecule has 6 nitrogen and oxygen atoms in total. The molecule has 0 saturated heterocycles. The fraction of sp³-hybridized carbons (Fsp3) is 0.292. The maximum Gasteiger partial charge on any atom is 0.340 e. The Kier molecular flexibility index (Phi) is 6.24. The third kappa shape index (κ3) is 4.99. The number of hydrogen-bond acceptors (Lipinski definition) is 4. The van der Waals surface area contributed by atoms with Crippen molar-refractivity contribution >= 4 is 17.6 Å². The van der Waals surface area contributed by atoms with E-state index in [4.69, 9.17) is 9.84 Å². The lowest BCUT2D eigenvalue weighted by molar-refractivity contribution is -0.114. The second-order valence-electron chi connectivity index (χ2n) is 8.17. The molecule has 0 unspecified atom stereocenters. The second kappa shape index (κ2) is 8.71. The summed E-state index contributed by atoms with van der Waals surface area (Å²) in [7, 11) is 0. The van der Waals surface area contributed by atoms with Gasteiger partial charge in [-0.1, -0.05) is 6.07 Å².